The van der Waals surface area contributed by atoms with Gasteiger partial charge in [0.2, 0.25) is 0 Å². The first kappa shape index (κ1) is 10.0. The molecule has 2 aromatic rings. The Morgan fingerprint density at radius 3 is 2.87 bits per heavy atom. The van der Waals surface area contributed by atoms with Gasteiger partial charge in [-0.1, -0.05) is 12.1 Å². The summed E-state index contributed by atoms with van der Waals surface area (Å²) < 4.78 is 21.6. The van der Waals surface area contributed by atoms with Gasteiger partial charge in [-0.05, 0) is 18.6 Å². The lowest BCUT2D eigenvalue weighted by Gasteiger charge is -2.04. The van der Waals surface area contributed by atoms with Crippen LogP contribution in [0.1, 0.15) is 5.56 Å². The largest absolute Gasteiger partial charge is 0.370 e. The molecule has 0 amide bonds. The third-order valence-corrected chi connectivity index (χ3v) is 2.78. The Kier molecular flexibility index (Phi) is 2.64. The Hall–Kier alpha value is -1.49. The molecule has 0 aliphatic carbocycles. The molecule has 78 valence electrons. The minimum Gasteiger partial charge on any atom is -0.370 e. The van der Waals surface area contributed by atoms with E-state index in [0.29, 0.717) is 17.1 Å². The Bertz CT molecular complexity index is 481. The van der Waals surface area contributed by atoms with E-state index in [-0.39, 0.29) is 5.82 Å². The summed E-state index contributed by atoms with van der Waals surface area (Å²) in [7, 11) is 1.77. The highest BCUT2D eigenvalue weighted by molar-refractivity contribution is 6.99. The van der Waals surface area contributed by atoms with Crippen molar-refractivity contribution in [2.24, 2.45) is 0 Å². The van der Waals surface area contributed by atoms with Crippen LogP contribution in [0.25, 0.3) is 11.3 Å². The lowest BCUT2D eigenvalue weighted by Crippen LogP contribution is -1.93. The summed E-state index contributed by atoms with van der Waals surface area (Å²) in [6.07, 6.45) is 0. The van der Waals surface area contributed by atoms with Crippen molar-refractivity contribution in [2.45, 2.75) is 6.92 Å². The van der Waals surface area contributed by atoms with Crippen molar-refractivity contribution in [3.8, 4) is 11.3 Å². The summed E-state index contributed by atoms with van der Waals surface area (Å²) in [6, 6.07) is 4.96. The zero-order valence-corrected chi connectivity index (χ0v) is 9.23. The fourth-order valence-electron chi connectivity index (χ4n) is 1.39. The first-order valence-corrected chi connectivity index (χ1v) is 5.23. The van der Waals surface area contributed by atoms with Crippen LogP contribution < -0.4 is 5.32 Å². The normalized spacial score (nSPS) is 10.3. The van der Waals surface area contributed by atoms with Crippen LogP contribution in [0.15, 0.2) is 18.2 Å². The topological polar surface area (TPSA) is 37.8 Å². The van der Waals surface area contributed by atoms with Crippen molar-refractivity contribution >= 4 is 17.5 Å². The number of nitrogens with one attached hydrogen (secondary N) is 1. The average Bonchev–Trinajstić information content (AvgIpc) is 2.70. The van der Waals surface area contributed by atoms with E-state index in [4.69, 9.17) is 0 Å². The summed E-state index contributed by atoms with van der Waals surface area (Å²) >= 11 is 1.12. The van der Waals surface area contributed by atoms with E-state index in [9.17, 15) is 4.39 Å². The number of rotatable bonds is 2. The van der Waals surface area contributed by atoms with Gasteiger partial charge >= 0.3 is 0 Å². The molecule has 0 saturated carbocycles. The molecule has 0 aliphatic rings. The van der Waals surface area contributed by atoms with E-state index in [1.165, 1.54) is 6.07 Å². The van der Waals surface area contributed by atoms with Gasteiger partial charge in [0.25, 0.3) is 0 Å². The zero-order valence-electron chi connectivity index (χ0n) is 8.41. The number of benzene rings is 1. The molecule has 3 nitrogen and oxygen atoms in total. The maximum atomic E-state index is 13.3. The molecule has 0 bridgehead atoms. The summed E-state index contributed by atoms with van der Waals surface area (Å²) in [6.45, 7) is 1.74. The van der Waals surface area contributed by atoms with Gasteiger partial charge in [-0.25, -0.2) is 4.39 Å². The van der Waals surface area contributed by atoms with Crippen LogP contribution in [0.4, 0.5) is 10.2 Å². The van der Waals surface area contributed by atoms with Gasteiger partial charge in [0.1, 0.15) is 11.5 Å². The van der Waals surface area contributed by atoms with E-state index in [1.54, 1.807) is 20.0 Å². The second-order valence-electron chi connectivity index (χ2n) is 3.12. The minimum absolute atomic E-state index is 0.220. The quantitative estimate of drug-likeness (QED) is 0.850. The maximum absolute atomic E-state index is 13.3. The number of hydrogen-bond acceptors (Lipinski definition) is 4. The van der Waals surface area contributed by atoms with E-state index >= 15 is 0 Å². The van der Waals surface area contributed by atoms with Crippen molar-refractivity contribution in [1.29, 1.82) is 0 Å². The third-order valence-electron chi connectivity index (χ3n) is 2.25. The molecule has 0 aliphatic heterocycles. The molecular weight excluding hydrogens is 213 g/mol. The predicted molar refractivity (Wildman–Crippen MR) is 59.6 cm³/mol. The molecule has 1 heterocycles. The monoisotopic (exact) mass is 223 g/mol. The van der Waals surface area contributed by atoms with Crippen LogP contribution in [-0.4, -0.2) is 15.8 Å². The van der Waals surface area contributed by atoms with Gasteiger partial charge in [-0.15, -0.1) is 0 Å². The van der Waals surface area contributed by atoms with E-state index in [0.717, 1.165) is 17.3 Å². The molecule has 0 spiro atoms. The standard InChI is InChI=1S/C10H10FN3S/c1-6-7(4-3-5-8(6)11)9-10(12-2)14-15-13-9/h3-5H,1-2H3,(H,12,14). The Balaban J connectivity index is 2.59. The second kappa shape index (κ2) is 3.94. The molecule has 1 aromatic carbocycles. The molecule has 0 unspecified atom stereocenters. The van der Waals surface area contributed by atoms with Gasteiger partial charge in [0.15, 0.2) is 5.82 Å². The summed E-state index contributed by atoms with van der Waals surface area (Å²) in [4.78, 5) is 0. The molecule has 0 atom stereocenters. The molecule has 1 aromatic heterocycles. The molecule has 5 heteroatoms. The van der Waals surface area contributed by atoms with Gasteiger partial charge in [-0.3, -0.25) is 0 Å². The smallest absolute Gasteiger partial charge is 0.167 e. The summed E-state index contributed by atoms with van der Waals surface area (Å²) in [5.74, 6) is 0.469. The zero-order chi connectivity index (χ0) is 10.8. The van der Waals surface area contributed by atoms with Crippen LogP contribution in [0.2, 0.25) is 0 Å². The van der Waals surface area contributed by atoms with Crippen molar-refractivity contribution in [3.05, 3.63) is 29.6 Å². The van der Waals surface area contributed by atoms with Crippen molar-refractivity contribution in [2.75, 3.05) is 12.4 Å². The Morgan fingerprint density at radius 1 is 1.33 bits per heavy atom. The molecule has 15 heavy (non-hydrogen) atoms. The predicted octanol–water partition coefficient (Wildman–Crippen LogP) is 2.69. The van der Waals surface area contributed by atoms with Crippen molar-refractivity contribution in [1.82, 2.24) is 8.75 Å². The first-order chi connectivity index (χ1) is 7.24. The summed E-state index contributed by atoms with van der Waals surface area (Å²) in [5, 5.41) is 2.94. The number of halogens is 1. The van der Waals surface area contributed by atoms with Gasteiger partial charge < -0.3 is 5.32 Å². The van der Waals surface area contributed by atoms with Crippen molar-refractivity contribution in [3.63, 3.8) is 0 Å². The highest BCUT2D eigenvalue weighted by atomic mass is 32.1. The average molecular weight is 223 g/mol. The fraction of sp³-hybridized carbons (Fsp3) is 0.200. The van der Waals surface area contributed by atoms with Crippen molar-refractivity contribution < 1.29 is 4.39 Å². The highest BCUT2D eigenvalue weighted by Crippen LogP contribution is 2.29. The minimum atomic E-state index is -0.220. The van der Waals surface area contributed by atoms with Crippen LogP contribution in [0.5, 0.6) is 0 Å². The SMILES string of the molecule is CNc1nsnc1-c1cccc(F)c1C. The first-order valence-electron chi connectivity index (χ1n) is 4.50. The van der Waals surface area contributed by atoms with E-state index < -0.39 is 0 Å². The number of hydrogen-bond donors (Lipinski definition) is 1. The van der Waals surface area contributed by atoms with E-state index in [2.05, 4.69) is 14.1 Å². The molecule has 0 saturated heterocycles. The van der Waals surface area contributed by atoms with Gasteiger partial charge in [-0.2, -0.15) is 8.75 Å². The lowest BCUT2D eigenvalue weighted by atomic mass is 10.1. The van der Waals surface area contributed by atoms with Crippen LogP contribution >= 0.6 is 11.7 Å². The number of aromatic nitrogens is 2. The van der Waals surface area contributed by atoms with Gasteiger partial charge in [0.05, 0.1) is 11.7 Å². The lowest BCUT2D eigenvalue weighted by molar-refractivity contribution is 0.619. The highest BCUT2D eigenvalue weighted by Gasteiger charge is 2.13. The number of nitrogens with zero attached hydrogens (tertiary/aromatic N) is 2. The Morgan fingerprint density at radius 2 is 2.13 bits per heavy atom. The molecule has 0 fully saturated rings. The maximum Gasteiger partial charge on any atom is 0.167 e. The fourth-order valence-corrected chi connectivity index (χ4v) is 1.96. The Labute approximate surface area is 91.3 Å². The molecule has 0 radical (unpaired) electrons. The van der Waals surface area contributed by atoms with Crippen LogP contribution in [0, 0.1) is 12.7 Å². The number of anilines is 1. The summed E-state index contributed by atoms with van der Waals surface area (Å²) in [5.41, 5.74) is 2.09. The molecule has 1 N–H and O–H groups in total. The molecule has 2 rings (SSSR count). The third kappa shape index (κ3) is 1.70. The van der Waals surface area contributed by atoms with Gasteiger partial charge in [0, 0.05) is 12.6 Å². The van der Waals surface area contributed by atoms with Crippen LogP contribution in [-0.2, 0) is 0 Å². The molecular formula is C10H10FN3S. The second-order valence-corrected chi connectivity index (χ2v) is 3.65. The van der Waals surface area contributed by atoms with E-state index in [1.807, 2.05) is 6.07 Å². The van der Waals surface area contributed by atoms with Crippen LogP contribution in [0.3, 0.4) is 0 Å².